The van der Waals surface area contributed by atoms with Crippen molar-refractivity contribution in [3.63, 3.8) is 0 Å². The van der Waals surface area contributed by atoms with Gasteiger partial charge in [-0.15, -0.1) is 0 Å². The third-order valence-corrected chi connectivity index (χ3v) is 7.53. The summed E-state index contributed by atoms with van der Waals surface area (Å²) in [4.78, 5) is 46.6. The van der Waals surface area contributed by atoms with Crippen LogP contribution in [0.25, 0.3) is 11.1 Å². The maximum absolute atomic E-state index is 13.9. The van der Waals surface area contributed by atoms with Crippen LogP contribution in [0.2, 0.25) is 0 Å². The zero-order valence-corrected chi connectivity index (χ0v) is 24.8. The molecule has 0 bridgehead atoms. The normalized spacial score (nSPS) is 15.3. The number of fused-ring (bicyclic) bond motifs is 1. The van der Waals surface area contributed by atoms with E-state index in [2.05, 4.69) is 10.3 Å². The molecule has 1 saturated heterocycles. The van der Waals surface area contributed by atoms with Gasteiger partial charge in [0.15, 0.2) is 5.58 Å². The predicted octanol–water partition coefficient (Wildman–Crippen LogP) is 5.42. The summed E-state index contributed by atoms with van der Waals surface area (Å²) in [6.45, 7) is 4.48. The van der Waals surface area contributed by atoms with E-state index in [0.29, 0.717) is 62.2 Å². The number of rotatable bonds is 14. The summed E-state index contributed by atoms with van der Waals surface area (Å²) in [6.07, 6.45) is 1.48. The number of nitrogens with one attached hydrogen (secondary N) is 1. The molecule has 2 amide bonds. The Bertz CT molecular complexity index is 1370. The van der Waals surface area contributed by atoms with Gasteiger partial charge in [0.25, 0.3) is 5.89 Å². The predicted molar refractivity (Wildman–Crippen MR) is 156 cm³/mol. The van der Waals surface area contributed by atoms with Gasteiger partial charge < -0.3 is 24.1 Å². The number of ether oxygens (including phenoxy) is 2. The molecule has 1 aliphatic heterocycles. The van der Waals surface area contributed by atoms with E-state index in [1.165, 1.54) is 6.07 Å². The molecule has 0 spiro atoms. The average Bonchev–Trinajstić information content (AvgIpc) is 3.41. The highest BCUT2D eigenvalue weighted by Crippen LogP contribution is 2.35. The smallest absolute Gasteiger partial charge is 0.387 e. The highest BCUT2D eigenvalue weighted by atomic mass is 19.3. The molecular formula is C32H39F2N3O6. The van der Waals surface area contributed by atoms with Crippen LogP contribution < -0.4 is 10.1 Å². The van der Waals surface area contributed by atoms with Crippen LogP contribution in [0.1, 0.15) is 62.7 Å². The first-order valence-corrected chi connectivity index (χ1v) is 14.6. The average molecular weight is 600 g/mol. The third kappa shape index (κ3) is 8.82. The van der Waals surface area contributed by atoms with Gasteiger partial charge in [-0.3, -0.25) is 14.4 Å². The van der Waals surface area contributed by atoms with Crippen LogP contribution in [0.15, 0.2) is 52.9 Å². The highest BCUT2D eigenvalue weighted by molar-refractivity contribution is 6.00. The van der Waals surface area contributed by atoms with Crippen molar-refractivity contribution in [1.82, 2.24) is 15.2 Å². The Balaban J connectivity index is 1.55. The topological polar surface area (TPSA) is 111 Å². The zero-order valence-electron chi connectivity index (χ0n) is 24.8. The molecule has 1 aliphatic rings. The van der Waals surface area contributed by atoms with Gasteiger partial charge >= 0.3 is 6.61 Å². The molecule has 232 valence electrons. The second-order valence-corrected chi connectivity index (χ2v) is 11.6. The van der Waals surface area contributed by atoms with E-state index in [4.69, 9.17) is 13.9 Å². The van der Waals surface area contributed by atoms with Crippen LogP contribution >= 0.6 is 0 Å². The fourth-order valence-corrected chi connectivity index (χ4v) is 5.50. The number of hydrogen-bond acceptors (Lipinski definition) is 7. The van der Waals surface area contributed by atoms with Crippen molar-refractivity contribution >= 4 is 28.7 Å². The van der Waals surface area contributed by atoms with Crippen LogP contribution in [-0.4, -0.2) is 66.4 Å². The Labute approximate surface area is 249 Å². The highest BCUT2D eigenvalue weighted by Gasteiger charge is 2.35. The molecule has 9 nitrogen and oxygen atoms in total. The number of carbonyl (C=O) groups excluding carboxylic acids is 3. The standard InChI is InChI=1S/C32H39F2N3O6/c1-4-9-24(28(39)30-36-23-11-6-8-13-26(23)42-30)35-29(40)22(18-27(38)37-14-16-41-17-15-37)20-32(2,3)19-21-10-5-7-12-25(21)43-31(33)34/h5-8,10-13,22,24,31H,4,9,14-20H2,1-3H3,(H,35,40)/t22-,24-/m0/s1. The van der Waals surface area contributed by atoms with Crippen molar-refractivity contribution < 1.29 is 37.1 Å². The number of ketones is 1. The van der Waals surface area contributed by atoms with Gasteiger partial charge in [-0.1, -0.05) is 57.5 Å². The lowest BCUT2D eigenvalue weighted by Gasteiger charge is -2.32. The number of Topliss-reactive ketones (excluding diaryl/α,β-unsaturated/α-hetero) is 1. The minimum atomic E-state index is -2.97. The SMILES string of the molecule is CCC[C@H](NC(=O)[C@@H](CC(=O)N1CCOCC1)CC(C)(C)Cc1ccccc1OC(F)F)C(=O)c1nc2ccccc2o1. The van der Waals surface area contributed by atoms with Gasteiger partial charge in [0.05, 0.1) is 19.3 Å². The number of hydrogen-bond donors (Lipinski definition) is 1. The molecule has 43 heavy (non-hydrogen) atoms. The molecular weight excluding hydrogens is 560 g/mol. The van der Waals surface area contributed by atoms with Crippen molar-refractivity contribution in [2.75, 3.05) is 26.3 Å². The van der Waals surface area contributed by atoms with Gasteiger partial charge in [-0.2, -0.15) is 8.78 Å². The molecule has 3 aromatic rings. The van der Waals surface area contributed by atoms with Crippen LogP contribution in [0.3, 0.4) is 0 Å². The van der Waals surface area contributed by atoms with E-state index in [-0.39, 0.29) is 30.4 Å². The fraction of sp³-hybridized carbons (Fsp3) is 0.500. The minimum absolute atomic E-state index is 0.0691. The van der Waals surface area contributed by atoms with Crippen LogP contribution in [-0.2, 0) is 20.7 Å². The van der Waals surface area contributed by atoms with E-state index in [1.54, 1.807) is 47.4 Å². The first kappa shape index (κ1) is 32.1. The minimum Gasteiger partial charge on any atom is -0.435 e. The summed E-state index contributed by atoms with van der Waals surface area (Å²) in [5.74, 6) is -1.86. The first-order chi connectivity index (χ1) is 20.6. The van der Waals surface area contributed by atoms with Crippen molar-refractivity contribution in [3.05, 3.63) is 60.0 Å². The van der Waals surface area contributed by atoms with Crippen molar-refractivity contribution in [3.8, 4) is 5.75 Å². The Morgan fingerprint density at radius 2 is 1.77 bits per heavy atom. The second kappa shape index (κ2) is 14.5. The van der Waals surface area contributed by atoms with Gasteiger partial charge in [-0.05, 0) is 48.4 Å². The van der Waals surface area contributed by atoms with Crippen LogP contribution in [0.4, 0.5) is 8.78 Å². The molecule has 1 aromatic heterocycles. The van der Waals surface area contributed by atoms with E-state index in [1.807, 2.05) is 20.8 Å². The molecule has 2 heterocycles. The molecule has 0 radical (unpaired) electrons. The quantitative estimate of drug-likeness (QED) is 0.246. The summed E-state index contributed by atoms with van der Waals surface area (Å²) < 4.78 is 41.8. The van der Waals surface area contributed by atoms with Crippen LogP contribution in [0.5, 0.6) is 5.75 Å². The number of halogens is 2. The Hall–Kier alpha value is -3.86. The molecule has 1 N–H and O–H groups in total. The molecule has 2 atom stereocenters. The molecule has 2 aromatic carbocycles. The number of benzene rings is 2. The zero-order chi connectivity index (χ0) is 31.0. The number of oxazole rings is 1. The number of para-hydroxylation sites is 3. The second-order valence-electron chi connectivity index (χ2n) is 11.6. The molecule has 1 fully saturated rings. The molecule has 0 unspecified atom stereocenters. The molecule has 0 aliphatic carbocycles. The van der Waals surface area contributed by atoms with Crippen molar-refractivity contribution in [2.45, 2.75) is 65.5 Å². The number of carbonyl (C=O) groups is 3. The maximum atomic E-state index is 13.9. The van der Waals surface area contributed by atoms with Gasteiger partial charge in [0, 0.05) is 25.4 Å². The lowest BCUT2D eigenvalue weighted by molar-refractivity contribution is -0.140. The van der Waals surface area contributed by atoms with Crippen molar-refractivity contribution in [2.24, 2.45) is 11.3 Å². The van der Waals surface area contributed by atoms with Crippen LogP contribution in [0, 0.1) is 11.3 Å². The van der Waals surface area contributed by atoms with Crippen molar-refractivity contribution in [1.29, 1.82) is 0 Å². The summed E-state index contributed by atoms with van der Waals surface area (Å²) in [5, 5.41) is 2.89. The molecule has 11 heteroatoms. The van der Waals surface area contributed by atoms with Gasteiger partial charge in [-0.25, -0.2) is 4.98 Å². The number of morpholine rings is 1. The molecule has 4 rings (SSSR count). The summed E-state index contributed by atoms with van der Waals surface area (Å²) >= 11 is 0. The van der Waals surface area contributed by atoms with E-state index < -0.39 is 35.7 Å². The first-order valence-electron chi connectivity index (χ1n) is 14.6. The van der Waals surface area contributed by atoms with Gasteiger partial charge in [0.1, 0.15) is 11.3 Å². The van der Waals surface area contributed by atoms with E-state index in [0.717, 1.165) is 0 Å². The summed E-state index contributed by atoms with van der Waals surface area (Å²) in [5.41, 5.74) is 0.986. The Morgan fingerprint density at radius 1 is 1.07 bits per heavy atom. The number of aromatic nitrogens is 1. The van der Waals surface area contributed by atoms with E-state index in [9.17, 15) is 23.2 Å². The monoisotopic (exact) mass is 599 g/mol. The summed E-state index contributed by atoms with van der Waals surface area (Å²) in [7, 11) is 0. The maximum Gasteiger partial charge on any atom is 0.387 e. The van der Waals surface area contributed by atoms with E-state index >= 15 is 0 Å². The Morgan fingerprint density at radius 3 is 2.47 bits per heavy atom. The number of alkyl halides is 2. The third-order valence-electron chi connectivity index (χ3n) is 7.53. The lowest BCUT2D eigenvalue weighted by Crippen LogP contribution is -2.47. The van der Waals surface area contributed by atoms with Gasteiger partial charge in [0.2, 0.25) is 17.6 Å². The largest absolute Gasteiger partial charge is 0.435 e. The lowest BCUT2D eigenvalue weighted by atomic mass is 9.76. The Kier molecular flexibility index (Phi) is 10.8. The summed E-state index contributed by atoms with van der Waals surface area (Å²) in [6, 6.07) is 12.7. The number of nitrogens with zero attached hydrogens (tertiary/aromatic N) is 2. The number of amides is 2. The fourth-order valence-electron chi connectivity index (χ4n) is 5.50. The molecule has 0 saturated carbocycles.